The second-order valence-electron chi connectivity index (χ2n) is 4.66. The predicted molar refractivity (Wildman–Crippen MR) is 74.8 cm³/mol. The maximum absolute atomic E-state index is 5.67. The first-order valence-corrected chi connectivity index (χ1v) is 7.41. The van der Waals surface area contributed by atoms with Crippen molar-refractivity contribution in [1.82, 2.24) is 15.5 Å². The van der Waals surface area contributed by atoms with E-state index in [9.17, 15) is 0 Å². The molecule has 1 fully saturated rings. The molecule has 1 aliphatic rings. The fourth-order valence-electron chi connectivity index (χ4n) is 2.19. The van der Waals surface area contributed by atoms with Crippen molar-refractivity contribution in [2.24, 2.45) is 0 Å². The molecule has 2 aromatic rings. The summed E-state index contributed by atoms with van der Waals surface area (Å²) in [5.41, 5.74) is 1.18. The first-order chi connectivity index (χ1) is 9.42. The van der Waals surface area contributed by atoms with Crippen LogP contribution in [0.5, 0.6) is 0 Å². The van der Waals surface area contributed by atoms with Gasteiger partial charge in [-0.15, -0.1) is 10.2 Å². The van der Waals surface area contributed by atoms with Crippen LogP contribution in [0.1, 0.15) is 34.5 Å². The van der Waals surface area contributed by atoms with Gasteiger partial charge in [0.2, 0.25) is 0 Å². The van der Waals surface area contributed by atoms with E-state index < -0.39 is 0 Å². The van der Waals surface area contributed by atoms with Crippen molar-refractivity contribution < 1.29 is 4.74 Å². The van der Waals surface area contributed by atoms with Gasteiger partial charge in [0.25, 0.3) is 0 Å². The number of ether oxygens (including phenoxy) is 1. The number of nitrogens with zero attached hydrogens (tertiary/aromatic N) is 2. The summed E-state index contributed by atoms with van der Waals surface area (Å²) in [5.74, 6) is 0. The Labute approximate surface area is 116 Å². The lowest BCUT2D eigenvalue weighted by Gasteiger charge is -2.03. The summed E-state index contributed by atoms with van der Waals surface area (Å²) in [4.78, 5) is 0. The highest BCUT2D eigenvalue weighted by Crippen LogP contribution is 2.25. The van der Waals surface area contributed by atoms with E-state index in [1.54, 1.807) is 11.3 Å². The highest BCUT2D eigenvalue weighted by molar-refractivity contribution is 7.11. The van der Waals surface area contributed by atoms with Crippen LogP contribution in [-0.2, 0) is 18.0 Å². The van der Waals surface area contributed by atoms with E-state index in [2.05, 4.69) is 27.6 Å². The summed E-state index contributed by atoms with van der Waals surface area (Å²) >= 11 is 1.66. The SMILES string of the molecule is c1ccc(COCc2nnc(C3CCCN3)s2)cc1. The Morgan fingerprint density at radius 3 is 2.89 bits per heavy atom. The van der Waals surface area contributed by atoms with Gasteiger partial charge in [0.15, 0.2) is 0 Å². The maximum Gasteiger partial charge on any atom is 0.143 e. The molecule has 1 aliphatic heterocycles. The normalized spacial score (nSPS) is 18.8. The zero-order valence-electron chi connectivity index (χ0n) is 10.7. The van der Waals surface area contributed by atoms with Gasteiger partial charge in [-0.2, -0.15) is 0 Å². The van der Waals surface area contributed by atoms with Crippen LogP contribution in [0.4, 0.5) is 0 Å². The molecule has 3 rings (SSSR count). The number of rotatable bonds is 5. The quantitative estimate of drug-likeness (QED) is 0.911. The largest absolute Gasteiger partial charge is 0.370 e. The number of aromatic nitrogens is 2. The second kappa shape index (κ2) is 6.23. The molecule has 1 N–H and O–H groups in total. The Balaban J connectivity index is 1.50. The minimum atomic E-state index is 0.403. The van der Waals surface area contributed by atoms with Crippen LogP contribution in [0.25, 0.3) is 0 Å². The Hall–Kier alpha value is -1.30. The van der Waals surface area contributed by atoms with Gasteiger partial charge >= 0.3 is 0 Å². The van der Waals surface area contributed by atoms with E-state index in [4.69, 9.17) is 4.74 Å². The van der Waals surface area contributed by atoms with Crippen LogP contribution in [0.2, 0.25) is 0 Å². The summed E-state index contributed by atoms with van der Waals surface area (Å²) in [6.07, 6.45) is 2.39. The molecule has 2 heterocycles. The number of hydrogen-bond donors (Lipinski definition) is 1. The topological polar surface area (TPSA) is 47.0 Å². The average Bonchev–Trinajstić information content (AvgIpc) is 3.10. The van der Waals surface area contributed by atoms with Gasteiger partial charge in [-0.1, -0.05) is 41.7 Å². The van der Waals surface area contributed by atoms with Gasteiger partial charge in [0, 0.05) is 0 Å². The van der Waals surface area contributed by atoms with Gasteiger partial charge in [-0.25, -0.2) is 0 Å². The fraction of sp³-hybridized carbons (Fsp3) is 0.429. The molecule has 0 bridgehead atoms. The summed E-state index contributed by atoms with van der Waals surface area (Å²) in [7, 11) is 0. The lowest BCUT2D eigenvalue weighted by atomic mass is 10.2. The molecule has 5 heteroatoms. The van der Waals surface area contributed by atoms with Crippen molar-refractivity contribution >= 4 is 11.3 Å². The summed E-state index contributed by atoms with van der Waals surface area (Å²) in [6.45, 7) is 2.25. The molecule has 1 unspecified atom stereocenters. The van der Waals surface area contributed by atoms with Crippen molar-refractivity contribution in [2.45, 2.75) is 32.1 Å². The van der Waals surface area contributed by atoms with E-state index in [1.807, 2.05) is 18.2 Å². The number of hydrogen-bond acceptors (Lipinski definition) is 5. The molecule has 0 aliphatic carbocycles. The van der Waals surface area contributed by atoms with Crippen LogP contribution in [0.15, 0.2) is 30.3 Å². The third-order valence-electron chi connectivity index (χ3n) is 3.18. The van der Waals surface area contributed by atoms with E-state index in [-0.39, 0.29) is 0 Å². The lowest BCUT2D eigenvalue weighted by Crippen LogP contribution is -2.12. The van der Waals surface area contributed by atoms with Gasteiger partial charge < -0.3 is 10.1 Å². The van der Waals surface area contributed by atoms with Crippen LogP contribution in [-0.4, -0.2) is 16.7 Å². The van der Waals surface area contributed by atoms with Gasteiger partial charge in [-0.3, -0.25) is 0 Å². The molecule has 100 valence electrons. The first kappa shape index (κ1) is 12.7. The van der Waals surface area contributed by atoms with Crippen molar-refractivity contribution in [1.29, 1.82) is 0 Å². The Morgan fingerprint density at radius 1 is 1.21 bits per heavy atom. The van der Waals surface area contributed by atoms with Gasteiger partial charge in [0.05, 0.1) is 12.6 Å². The summed E-state index contributed by atoms with van der Waals surface area (Å²) < 4.78 is 5.67. The van der Waals surface area contributed by atoms with E-state index in [1.165, 1.54) is 18.4 Å². The summed E-state index contributed by atoms with van der Waals surface area (Å²) in [5, 5.41) is 13.9. The highest BCUT2D eigenvalue weighted by atomic mass is 32.1. The minimum Gasteiger partial charge on any atom is -0.370 e. The van der Waals surface area contributed by atoms with Crippen molar-refractivity contribution in [3.8, 4) is 0 Å². The molecule has 1 aromatic heterocycles. The molecule has 0 radical (unpaired) electrons. The lowest BCUT2D eigenvalue weighted by molar-refractivity contribution is 0.106. The maximum atomic E-state index is 5.67. The van der Waals surface area contributed by atoms with Crippen molar-refractivity contribution in [3.63, 3.8) is 0 Å². The molecule has 1 atom stereocenters. The summed E-state index contributed by atoms with van der Waals surface area (Å²) in [6, 6.07) is 10.6. The Bertz CT molecular complexity index is 508. The molecule has 1 aromatic carbocycles. The average molecular weight is 275 g/mol. The smallest absolute Gasteiger partial charge is 0.143 e. The number of benzene rings is 1. The third kappa shape index (κ3) is 3.37. The Kier molecular flexibility index (Phi) is 4.17. The van der Waals surface area contributed by atoms with Crippen LogP contribution in [0.3, 0.4) is 0 Å². The zero-order chi connectivity index (χ0) is 12.9. The molecular formula is C14H17N3OS. The second-order valence-corrected chi connectivity index (χ2v) is 5.76. The zero-order valence-corrected chi connectivity index (χ0v) is 11.5. The van der Waals surface area contributed by atoms with E-state index >= 15 is 0 Å². The number of nitrogens with one attached hydrogen (secondary N) is 1. The van der Waals surface area contributed by atoms with Crippen LogP contribution >= 0.6 is 11.3 Å². The van der Waals surface area contributed by atoms with Crippen LogP contribution in [0, 0.1) is 0 Å². The standard InChI is InChI=1S/C14H17N3OS/c1-2-5-11(6-3-1)9-18-10-13-16-17-14(19-13)12-7-4-8-15-12/h1-3,5-6,12,15H,4,7-10H2. The molecule has 0 spiro atoms. The predicted octanol–water partition coefficient (Wildman–Crippen LogP) is 2.68. The molecule has 0 amide bonds. The first-order valence-electron chi connectivity index (χ1n) is 6.59. The minimum absolute atomic E-state index is 0.403. The molecule has 4 nitrogen and oxygen atoms in total. The van der Waals surface area contributed by atoms with Gasteiger partial charge in [0.1, 0.15) is 16.6 Å². The molecule has 0 saturated carbocycles. The monoisotopic (exact) mass is 275 g/mol. The molecule has 19 heavy (non-hydrogen) atoms. The Morgan fingerprint density at radius 2 is 2.11 bits per heavy atom. The van der Waals surface area contributed by atoms with E-state index in [0.29, 0.717) is 19.3 Å². The fourth-order valence-corrected chi connectivity index (χ4v) is 3.08. The molecular weight excluding hydrogens is 258 g/mol. The van der Waals surface area contributed by atoms with Crippen LogP contribution < -0.4 is 5.32 Å². The van der Waals surface area contributed by atoms with E-state index in [0.717, 1.165) is 16.6 Å². The van der Waals surface area contributed by atoms with Crippen molar-refractivity contribution in [2.75, 3.05) is 6.54 Å². The third-order valence-corrected chi connectivity index (χ3v) is 4.19. The highest BCUT2D eigenvalue weighted by Gasteiger charge is 2.20. The van der Waals surface area contributed by atoms with Crippen molar-refractivity contribution in [3.05, 3.63) is 45.9 Å². The molecule has 1 saturated heterocycles. The van der Waals surface area contributed by atoms with Gasteiger partial charge in [-0.05, 0) is 24.9 Å².